The SMILES string of the molecule is Cc1nn(Cc2ccccc2C(=O)NC[C@H](O)c2ccccc2)c(C)c1[N+](=O)[O-]. The Bertz CT molecular complexity index is 1030. The molecular weight excluding hydrogens is 372 g/mol. The third-order valence-corrected chi connectivity index (χ3v) is 4.75. The summed E-state index contributed by atoms with van der Waals surface area (Å²) < 4.78 is 1.53. The monoisotopic (exact) mass is 394 g/mol. The van der Waals surface area contributed by atoms with Crippen LogP contribution < -0.4 is 5.32 Å². The molecule has 1 atom stereocenters. The molecule has 0 aliphatic carbocycles. The lowest BCUT2D eigenvalue weighted by Gasteiger charge is -2.14. The van der Waals surface area contributed by atoms with E-state index in [-0.39, 0.29) is 24.7 Å². The van der Waals surface area contributed by atoms with Gasteiger partial charge in [0.1, 0.15) is 11.4 Å². The lowest BCUT2D eigenvalue weighted by Crippen LogP contribution is -2.29. The molecule has 0 aliphatic rings. The highest BCUT2D eigenvalue weighted by molar-refractivity contribution is 5.95. The summed E-state index contributed by atoms with van der Waals surface area (Å²) in [5.74, 6) is -0.327. The first kappa shape index (κ1) is 20.2. The van der Waals surface area contributed by atoms with E-state index in [0.717, 1.165) is 5.56 Å². The predicted octanol–water partition coefficient (Wildman–Crippen LogP) is 2.92. The minimum absolute atomic E-state index is 0.0158. The maximum Gasteiger partial charge on any atom is 0.312 e. The fraction of sp³-hybridized carbons (Fsp3) is 0.238. The summed E-state index contributed by atoms with van der Waals surface area (Å²) >= 11 is 0. The van der Waals surface area contributed by atoms with Crippen molar-refractivity contribution < 1.29 is 14.8 Å². The molecule has 1 amide bonds. The molecule has 0 unspecified atom stereocenters. The van der Waals surface area contributed by atoms with Gasteiger partial charge in [-0.1, -0.05) is 48.5 Å². The molecule has 0 saturated carbocycles. The summed E-state index contributed by atoms with van der Waals surface area (Å²) in [7, 11) is 0. The second kappa shape index (κ2) is 8.66. The van der Waals surface area contributed by atoms with Gasteiger partial charge in [-0.15, -0.1) is 0 Å². The van der Waals surface area contributed by atoms with Gasteiger partial charge in [0.05, 0.1) is 17.6 Å². The third-order valence-electron chi connectivity index (χ3n) is 4.75. The molecule has 0 spiro atoms. The molecule has 8 heteroatoms. The molecule has 0 radical (unpaired) electrons. The van der Waals surface area contributed by atoms with Crippen LogP contribution in [0.3, 0.4) is 0 Å². The Morgan fingerprint density at radius 1 is 1.17 bits per heavy atom. The van der Waals surface area contributed by atoms with Crippen LogP contribution in [0.25, 0.3) is 0 Å². The van der Waals surface area contributed by atoms with Gasteiger partial charge in [0.2, 0.25) is 0 Å². The van der Waals surface area contributed by atoms with E-state index in [9.17, 15) is 20.0 Å². The normalized spacial score (nSPS) is 11.8. The lowest BCUT2D eigenvalue weighted by atomic mass is 10.1. The van der Waals surface area contributed by atoms with Crippen molar-refractivity contribution in [1.82, 2.24) is 15.1 Å². The minimum Gasteiger partial charge on any atom is -0.387 e. The zero-order valence-corrected chi connectivity index (χ0v) is 16.2. The van der Waals surface area contributed by atoms with Gasteiger partial charge in [-0.3, -0.25) is 19.6 Å². The van der Waals surface area contributed by atoms with Crippen molar-refractivity contribution in [2.75, 3.05) is 6.54 Å². The van der Waals surface area contributed by atoms with Crippen molar-refractivity contribution in [3.05, 3.63) is 92.8 Å². The zero-order chi connectivity index (χ0) is 21.0. The van der Waals surface area contributed by atoms with Gasteiger partial charge in [-0.25, -0.2) is 0 Å². The standard InChI is InChI=1S/C21H22N4O4/c1-14-20(25(28)29)15(2)24(23-14)13-17-10-6-7-11-18(17)21(27)22-12-19(26)16-8-4-3-5-9-16/h3-11,19,26H,12-13H2,1-2H3,(H,22,27)/t19-/m0/s1. The second-order valence-electron chi connectivity index (χ2n) is 6.73. The van der Waals surface area contributed by atoms with Crippen LogP contribution >= 0.6 is 0 Å². The van der Waals surface area contributed by atoms with Crippen molar-refractivity contribution >= 4 is 11.6 Å². The Kier molecular flexibility index (Phi) is 6.04. The molecule has 0 aliphatic heterocycles. The molecule has 3 aromatic rings. The fourth-order valence-corrected chi connectivity index (χ4v) is 3.22. The van der Waals surface area contributed by atoms with Gasteiger partial charge in [-0.2, -0.15) is 5.10 Å². The highest BCUT2D eigenvalue weighted by Crippen LogP contribution is 2.23. The van der Waals surface area contributed by atoms with Crippen LogP contribution in [0.2, 0.25) is 0 Å². The molecule has 0 fully saturated rings. The molecule has 8 nitrogen and oxygen atoms in total. The number of carbonyl (C=O) groups is 1. The highest BCUT2D eigenvalue weighted by Gasteiger charge is 2.22. The van der Waals surface area contributed by atoms with Crippen LogP contribution in [-0.2, 0) is 6.54 Å². The van der Waals surface area contributed by atoms with Gasteiger partial charge in [-0.05, 0) is 31.0 Å². The summed E-state index contributed by atoms with van der Waals surface area (Å²) in [6, 6.07) is 16.1. The van der Waals surface area contributed by atoms with Gasteiger partial charge in [0.15, 0.2) is 0 Å². The molecule has 2 aromatic carbocycles. The number of aliphatic hydroxyl groups is 1. The van der Waals surface area contributed by atoms with Crippen LogP contribution in [0.1, 0.15) is 39.0 Å². The van der Waals surface area contributed by atoms with E-state index in [1.165, 1.54) is 4.68 Å². The Balaban J connectivity index is 1.76. The maximum absolute atomic E-state index is 12.7. The highest BCUT2D eigenvalue weighted by atomic mass is 16.6. The largest absolute Gasteiger partial charge is 0.387 e. The molecule has 1 heterocycles. The van der Waals surface area contributed by atoms with Crippen molar-refractivity contribution in [2.24, 2.45) is 0 Å². The van der Waals surface area contributed by atoms with Gasteiger partial charge >= 0.3 is 5.69 Å². The molecule has 2 N–H and O–H groups in total. The number of aryl methyl sites for hydroxylation is 1. The average Bonchev–Trinajstić information content (AvgIpc) is 3.00. The van der Waals surface area contributed by atoms with Gasteiger partial charge in [0.25, 0.3) is 5.91 Å². The van der Waals surface area contributed by atoms with Crippen molar-refractivity contribution in [2.45, 2.75) is 26.5 Å². The number of aliphatic hydroxyl groups excluding tert-OH is 1. The molecule has 3 rings (SSSR count). The van der Waals surface area contributed by atoms with E-state index < -0.39 is 11.0 Å². The van der Waals surface area contributed by atoms with E-state index >= 15 is 0 Å². The van der Waals surface area contributed by atoms with E-state index in [1.54, 1.807) is 50.2 Å². The summed E-state index contributed by atoms with van der Waals surface area (Å²) in [4.78, 5) is 23.5. The smallest absolute Gasteiger partial charge is 0.312 e. The first-order chi connectivity index (χ1) is 13.9. The maximum atomic E-state index is 12.7. The molecule has 1 aromatic heterocycles. The number of hydrogen-bond donors (Lipinski definition) is 2. The Labute approximate surface area is 168 Å². The van der Waals surface area contributed by atoms with Crippen molar-refractivity contribution in [3.63, 3.8) is 0 Å². The average molecular weight is 394 g/mol. The van der Waals surface area contributed by atoms with Crippen molar-refractivity contribution in [3.8, 4) is 0 Å². The quantitative estimate of drug-likeness (QED) is 0.473. The predicted molar refractivity (Wildman–Crippen MR) is 108 cm³/mol. The summed E-state index contributed by atoms with van der Waals surface area (Å²) in [6.45, 7) is 3.52. The van der Waals surface area contributed by atoms with E-state index in [0.29, 0.717) is 22.5 Å². The van der Waals surface area contributed by atoms with Crippen molar-refractivity contribution in [1.29, 1.82) is 0 Å². The molecule has 150 valence electrons. The van der Waals surface area contributed by atoms with Crippen LogP contribution in [0.15, 0.2) is 54.6 Å². The van der Waals surface area contributed by atoms with Crippen LogP contribution in [0.4, 0.5) is 5.69 Å². The number of benzene rings is 2. The second-order valence-corrected chi connectivity index (χ2v) is 6.73. The third kappa shape index (κ3) is 4.49. The first-order valence-corrected chi connectivity index (χ1v) is 9.16. The number of carbonyl (C=O) groups excluding carboxylic acids is 1. The topological polar surface area (TPSA) is 110 Å². The summed E-state index contributed by atoms with van der Waals surface area (Å²) in [5.41, 5.74) is 2.58. The Hall–Kier alpha value is -3.52. The number of nitro groups is 1. The van der Waals surface area contributed by atoms with E-state index in [4.69, 9.17) is 0 Å². The zero-order valence-electron chi connectivity index (χ0n) is 16.2. The summed E-state index contributed by atoms with van der Waals surface area (Å²) in [5, 5.41) is 28.5. The van der Waals surface area contributed by atoms with E-state index in [1.807, 2.05) is 18.2 Å². The molecule has 0 bridgehead atoms. The lowest BCUT2D eigenvalue weighted by molar-refractivity contribution is -0.386. The van der Waals surface area contributed by atoms with Gasteiger partial charge in [0, 0.05) is 12.1 Å². The van der Waals surface area contributed by atoms with E-state index in [2.05, 4.69) is 10.4 Å². The molecule has 0 saturated heterocycles. The minimum atomic E-state index is -0.814. The van der Waals surface area contributed by atoms with Gasteiger partial charge < -0.3 is 10.4 Å². The Morgan fingerprint density at radius 3 is 2.48 bits per heavy atom. The number of nitrogens with zero attached hydrogens (tertiary/aromatic N) is 3. The molecular formula is C21H22N4O4. The number of nitrogens with one attached hydrogen (secondary N) is 1. The summed E-state index contributed by atoms with van der Waals surface area (Å²) in [6.07, 6.45) is -0.814. The fourth-order valence-electron chi connectivity index (χ4n) is 3.22. The van der Waals surface area contributed by atoms with Crippen LogP contribution in [-0.4, -0.2) is 32.3 Å². The van der Waals surface area contributed by atoms with Crippen LogP contribution in [0, 0.1) is 24.0 Å². The first-order valence-electron chi connectivity index (χ1n) is 9.16. The number of rotatable bonds is 7. The number of amides is 1. The van der Waals surface area contributed by atoms with Crippen LogP contribution in [0.5, 0.6) is 0 Å². The number of aromatic nitrogens is 2. The Morgan fingerprint density at radius 2 is 1.83 bits per heavy atom. The molecule has 29 heavy (non-hydrogen) atoms. The number of hydrogen-bond acceptors (Lipinski definition) is 5.